The van der Waals surface area contributed by atoms with Gasteiger partial charge >= 0.3 is 0 Å². The minimum Gasteiger partial charge on any atom is -0.409 e. The number of nitrogens with two attached hydrogens (primary N) is 1. The van der Waals surface area contributed by atoms with E-state index in [0.29, 0.717) is 49.8 Å². The Morgan fingerprint density at radius 2 is 1.79 bits per heavy atom. The number of benzene rings is 1. The molecule has 0 saturated heterocycles. The number of anilines is 1. The van der Waals surface area contributed by atoms with Crippen LogP contribution in [-0.2, 0) is 10.2 Å². The Bertz CT molecular complexity index is 1290. The predicted octanol–water partition coefficient (Wildman–Crippen LogP) is 5.49. The summed E-state index contributed by atoms with van der Waals surface area (Å²) in [4.78, 5) is 20.5. The summed E-state index contributed by atoms with van der Waals surface area (Å²) < 4.78 is 19.8. The summed E-state index contributed by atoms with van der Waals surface area (Å²) in [6.45, 7) is 2.75. The molecule has 1 amide bonds. The quantitative estimate of drug-likeness (QED) is 0.205. The number of aromatic nitrogens is 2. The Kier molecular flexibility index (Phi) is 4.94. The lowest BCUT2D eigenvalue weighted by Gasteiger charge is -2.66. The fourth-order valence-electron chi connectivity index (χ4n) is 7.91. The Morgan fingerprint density at radius 1 is 1.11 bits per heavy atom. The van der Waals surface area contributed by atoms with E-state index in [1.165, 1.54) is 0 Å². The molecule has 0 radical (unpaired) electrons. The molecule has 0 atom stereocenters. The largest absolute Gasteiger partial charge is 0.409 e. The highest BCUT2D eigenvalue weighted by Crippen LogP contribution is 2.71. The van der Waals surface area contributed by atoms with Crippen LogP contribution >= 0.6 is 0 Å². The maximum atomic E-state index is 14.3. The van der Waals surface area contributed by atoms with Gasteiger partial charge < -0.3 is 20.4 Å². The highest BCUT2D eigenvalue weighted by molar-refractivity contribution is 5.95. The molecule has 1 heterocycles. The first-order valence-electron chi connectivity index (χ1n) is 14.0. The molecule has 7 saturated carbocycles. The van der Waals surface area contributed by atoms with Crippen LogP contribution < -0.4 is 10.6 Å². The predicted molar refractivity (Wildman–Crippen MR) is 139 cm³/mol. The fourth-order valence-corrected chi connectivity index (χ4v) is 7.91. The minimum absolute atomic E-state index is 0.0102. The number of carbonyl (C=O) groups excluding carboxylic acids is 1. The average Bonchev–Trinajstić information content (AvgIpc) is 3.44. The molecule has 4 bridgehead atoms. The number of nitrogens with zero attached hydrogens (tertiary/aromatic N) is 4. The topological polar surface area (TPSA) is 118 Å². The molecule has 0 unspecified atom stereocenters. The lowest BCUT2D eigenvalue weighted by Crippen LogP contribution is -2.65. The zero-order chi connectivity index (χ0) is 26.4. The van der Waals surface area contributed by atoms with Gasteiger partial charge in [-0.25, -0.2) is 4.39 Å². The number of hydrogen-bond donors (Lipinski definition) is 2. The van der Waals surface area contributed by atoms with E-state index in [2.05, 4.69) is 22.2 Å². The molecule has 2 aromatic rings. The van der Waals surface area contributed by atoms with Crippen LogP contribution in [0.4, 0.5) is 10.1 Å². The smallest absolute Gasteiger partial charge is 0.232 e. The van der Waals surface area contributed by atoms with Crippen LogP contribution in [0.15, 0.2) is 33.9 Å². The number of alkyl halides is 1. The Labute approximate surface area is 221 Å². The van der Waals surface area contributed by atoms with E-state index in [1.807, 2.05) is 29.2 Å². The first-order valence-corrected chi connectivity index (χ1v) is 14.0. The van der Waals surface area contributed by atoms with Gasteiger partial charge in [0.2, 0.25) is 17.6 Å². The normalized spacial score (nSPS) is 36.3. The molecule has 9 rings (SSSR count). The molecule has 202 valence electrons. The molecular weight excluding hydrogens is 485 g/mol. The van der Waals surface area contributed by atoms with Crippen molar-refractivity contribution in [1.82, 2.24) is 10.1 Å². The Balaban J connectivity index is 1.16. The molecule has 9 heteroatoms. The van der Waals surface area contributed by atoms with E-state index in [1.54, 1.807) is 0 Å². The zero-order valence-electron chi connectivity index (χ0n) is 22.0. The SMILES string of the molecule is CC1(c2nc(-c3cccc(N(CC45CCC(C(N)=NO)(CC4)CC5)C(=O)CC45CC(F)(C4)C5)c3)no2)CC1. The van der Waals surface area contributed by atoms with Gasteiger partial charge in [-0.2, -0.15) is 4.98 Å². The second kappa shape index (κ2) is 7.79. The molecule has 0 spiro atoms. The first kappa shape index (κ1) is 24.1. The number of halogens is 1. The highest BCUT2D eigenvalue weighted by Gasteiger charge is 2.69. The molecule has 7 fully saturated rings. The van der Waals surface area contributed by atoms with Gasteiger partial charge in [-0.1, -0.05) is 29.4 Å². The number of amidine groups is 1. The van der Waals surface area contributed by atoms with Crippen LogP contribution in [0, 0.1) is 16.2 Å². The minimum atomic E-state index is -1.03. The number of carbonyl (C=O) groups is 1. The third-order valence-corrected chi connectivity index (χ3v) is 10.8. The van der Waals surface area contributed by atoms with Crippen LogP contribution in [0.3, 0.4) is 0 Å². The lowest BCUT2D eigenvalue weighted by atomic mass is 9.41. The number of oxime groups is 1. The summed E-state index contributed by atoms with van der Waals surface area (Å²) in [5.74, 6) is 1.62. The molecule has 7 aliphatic rings. The number of hydrogen-bond acceptors (Lipinski definition) is 6. The molecule has 38 heavy (non-hydrogen) atoms. The summed E-state index contributed by atoms with van der Waals surface area (Å²) in [7, 11) is 0. The van der Waals surface area contributed by atoms with Gasteiger partial charge in [-0.3, -0.25) is 4.79 Å². The van der Waals surface area contributed by atoms with Gasteiger partial charge in [-0.15, -0.1) is 0 Å². The van der Waals surface area contributed by atoms with E-state index in [4.69, 9.17) is 10.3 Å². The van der Waals surface area contributed by atoms with E-state index in [0.717, 1.165) is 62.6 Å². The van der Waals surface area contributed by atoms with Crippen molar-refractivity contribution in [2.24, 2.45) is 27.1 Å². The average molecular weight is 522 g/mol. The summed E-state index contributed by atoms with van der Waals surface area (Å²) in [6.07, 6.45) is 9.41. The van der Waals surface area contributed by atoms with Crippen LogP contribution in [0.2, 0.25) is 0 Å². The van der Waals surface area contributed by atoms with Crippen LogP contribution in [0.1, 0.15) is 89.9 Å². The van der Waals surface area contributed by atoms with E-state index in [-0.39, 0.29) is 27.6 Å². The molecule has 0 aliphatic heterocycles. The first-order chi connectivity index (χ1) is 18.1. The Morgan fingerprint density at radius 3 is 2.39 bits per heavy atom. The van der Waals surface area contributed by atoms with Crippen molar-refractivity contribution in [3.8, 4) is 11.4 Å². The van der Waals surface area contributed by atoms with Crippen molar-refractivity contribution in [3.63, 3.8) is 0 Å². The van der Waals surface area contributed by atoms with Crippen LogP contribution in [0.25, 0.3) is 11.4 Å². The van der Waals surface area contributed by atoms with Gasteiger partial charge in [0, 0.05) is 35.0 Å². The highest BCUT2D eigenvalue weighted by atomic mass is 19.1. The van der Waals surface area contributed by atoms with Crippen LogP contribution in [0.5, 0.6) is 0 Å². The molecule has 7 aliphatic carbocycles. The van der Waals surface area contributed by atoms with E-state index >= 15 is 0 Å². The van der Waals surface area contributed by atoms with Crippen LogP contribution in [-0.4, -0.2) is 39.3 Å². The molecule has 1 aromatic heterocycles. The maximum Gasteiger partial charge on any atom is 0.232 e. The van der Waals surface area contributed by atoms with Crippen molar-refractivity contribution in [3.05, 3.63) is 30.2 Å². The number of amides is 1. The van der Waals surface area contributed by atoms with Gasteiger partial charge in [0.25, 0.3) is 0 Å². The summed E-state index contributed by atoms with van der Waals surface area (Å²) in [5.41, 5.74) is 6.31. The van der Waals surface area contributed by atoms with Crippen molar-refractivity contribution < 1.29 is 18.9 Å². The maximum absolute atomic E-state index is 14.3. The molecule has 8 nitrogen and oxygen atoms in total. The molecule has 1 aromatic carbocycles. The number of rotatable bonds is 8. The third kappa shape index (κ3) is 3.67. The summed E-state index contributed by atoms with van der Waals surface area (Å²) in [5, 5.41) is 16.9. The fraction of sp³-hybridized carbons (Fsp3) is 0.655. The lowest BCUT2D eigenvalue weighted by molar-refractivity contribution is -0.215. The molecule has 3 N–H and O–H groups in total. The van der Waals surface area contributed by atoms with E-state index in [9.17, 15) is 14.4 Å². The molecular formula is C29H36FN5O3. The second-order valence-corrected chi connectivity index (χ2v) is 13.6. The van der Waals surface area contributed by atoms with Gasteiger partial charge in [0.1, 0.15) is 11.5 Å². The second-order valence-electron chi connectivity index (χ2n) is 13.6. The summed E-state index contributed by atoms with van der Waals surface area (Å²) in [6, 6.07) is 7.87. The van der Waals surface area contributed by atoms with Crippen molar-refractivity contribution in [1.29, 1.82) is 0 Å². The van der Waals surface area contributed by atoms with Crippen molar-refractivity contribution in [2.45, 2.75) is 95.1 Å². The van der Waals surface area contributed by atoms with Crippen molar-refractivity contribution >= 4 is 17.4 Å². The van der Waals surface area contributed by atoms with Gasteiger partial charge in [0.15, 0.2) is 0 Å². The van der Waals surface area contributed by atoms with Gasteiger partial charge in [-0.05, 0) is 93.6 Å². The van der Waals surface area contributed by atoms with Gasteiger partial charge in [0.05, 0.1) is 0 Å². The third-order valence-electron chi connectivity index (χ3n) is 10.8. The number of fused-ring (bicyclic) bond motifs is 3. The monoisotopic (exact) mass is 521 g/mol. The standard InChI is InChI=1S/C29H36FN5O3/c1-25(5-6-25)24-32-22(34-38-24)19-3-2-4-20(13-19)35(21(36)14-27-15-29(30,16-27)17-27)18-26-7-10-28(11-8-26,12-9-26)23(31)33-37/h2-4,13,37H,5-12,14-18H2,1H3,(H2,31,33). The zero-order valence-corrected chi connectivity index (χ0v) is 22.0. The Hall–Kier alpha value is -2.97. The summed E-state index contributed by atoms with van der Waals surface area (Å²) >= 11 is 0. The van der Waals surface area contributed by atoms with E-state index < -0.39 is 5.67 Å². The van der Waals surface area contributed by atoms with Crippen molar-refractivity contribution in [2.75, 3.05) is 11.4 Å².